The van der Waals surface area contributed by atoms with Gasteiger partial charge in [-0.05, 0) is 71.3 Å². The minimum absolute atomic E-state index is 0.313. The van der Waals surface area contributed by atoms with Gasteiger partial charge in [0.2, 0.25) is 5.91 Å². The second-order valence-electron chi connectivity index (χ2n) is 6.87. The molecule has 2 aliphatic rings. The van der Waals surface area contributed by atoms with E-state index in [0.29, 0.717) is 12.1 Å². The number of carbonyl (C=O) groups excluding carboxylic acids is 3. The van der Waals surface area contributed by atoms with Gasteiger partial charge in [0.05, 0.1) is 5.69 Å². The molecule has 0 saturated carbocycles. The molecule has 140 valence electrons. The highest BCUT2D eigenvalue weighted by atomic mass is 79.9. The first-order valence-electron chi connectivity index (χ1n) is 8.68. The summed E-state index contributed by atoms with van der Waals surface area (Å²) in [6.45, 7) is 1.64. The van der Waals surface area contributed by atoms with Crippen LogP contribution in [-0.4, -0.2) is 29.3 Å². The molecule has 4 rings (SSSR count). The maximum absolute atomic E-state index is 13.1. The van der Waals surface area contributed by atoms with Crippen molar-refractivity contribution in [1.82, 2.24) is 10.2 Å². The topological polar surface area (TPSA) is 78.5 Å². The summed E-state index contributed by atoms with van der Waals surface area (Å²) < 4.78 is 0.750. The Labute approximate surface area is 169 Å². The Morgan fingerprint density at radius 1 is 1.37 bits per heavy atom. The van der Waals surface area contributed by atoms with Crippen LogP contribution in [0.2, 0.25) is 0 Å². The van der Waals surface area contributed by atoms with Crippen molar-refractivity contribution in [2.75, 3.05) is 11.9 Å². The number of aryl methyl sites for hydroxylation is 2. The Kier molecular flexibility index (Phi) is 4.55. The van der Waals surface area contributed by atoms with Crippen LogP contribution in [0.4, 0.5) is 10.5 Å². The van der Waals surface area contributed by atoms with Gasteiger partial charge in [-0.15, -0.1) is 11.3 Å². The first kappa shape index (κ1) is 18.2. The second kappa shape index (κ2) is 6.76. The van der Waals surface area contributed by atoms with E-state index in [9.17, 15) is 14.4 Å². The number of anilines is 1. The molecule has 1 unspecified atom stereocenters. The Balaban J connectivity index is 1.53. The van der Waals surface area contributed by atoms with Gasteiger partial charge < -0.3 is 10.6 Å². The molecule has 2 N–H and O–H groups in total. The molecule has 1 spiro atoms. The van der Waals surface area contributed by atoms with E-state index in [1.807, 2.05) is 30.5 Å². The summed E-state index contributed by atoms with van der Waals surface area (Å²) in [4.78, 5) is 40.2. The van der Waals surface area contributed by atoms with E-state index >= 15 is 0 Å². The van der Waals surface area contributed by atoms with Crippen LogP contribution in [0, 0.1) is 6.92 Å². The molecular formula is C19H18BrN3O3S. The Morgan fingerprint density at radius 3 is 2.96 bits per heavy atom. The Bertz CT molecular complexity index is 957. The molecule has 2 aromatic rings. The van der Waals surface area contributed by atoms with Crippen LogP contribution in [0.5, 0.6) is 0 Å². The van der Waals surface area contributed by atoms with Crippen LogP contribution in [0.3, 0.4) is 0 Å². The van der Waals surface area contributed by atoms with E-state index in [-0.39, 0.29) is 12.5 Å². The number of halogens is 1. The van der Waals surface area contributed by atoms with Crippen molar-refractivity contribution in [3.05, 3.63) is 50.1 Å². The summed E-state index contributed by atoms with van der Waals surface area (Å²) in [5, 5.41) is 7.55. The third-order valence-electron chi connectivity index (χ3n) is 5.04. The van der Waals surface area contributed by atoms with Crippen LogP contribution in [0.15, 0.2) is 34.1 Å². The maximum atomic E-state index is 13.1. The predicted molar refractivity (Wildman–Crippen MR) is 107 cm³/mol. The fourth-order valence-corrected chi connectivity index (χ4v) is 5.33. The summed E-state index contributed by atoms with van der Waals surface area (Å²) in [5.41, 5.74) is 1.52. The van der Waals surface area contributed by atoms with Gasteiger partial charge in [-0.2, -0.15) is 0 Å². The molecule has 1 aromatic heterocycles. The van der Waals surface area contributed by atoms with E-state index < -0.39 is 17.5 Å². The van der Waals surface area contributed by atoms with Crippen molar-refractivity contribution >= 4 is 50.8 Å². The number of thiophene rings is 1. The minimum atomic E-state index is -1.02. The van der Waals surface area contributed by atoms with E-state index in [4.69, 9.17) is 0 Å². The van der Waals surface area contributed by atoms with Crippen LogP contribution < -0.4 is 10.6 Å². The first-order chi connectivity index (χ1) is 12.9. The largest absolute Gasteiger partial charge is 0.325 e. The lowest BCUT2D eigenvalue weighted by atomic mass is 9.80. The number of hydrogen-bond donors (Lipinski definition) is 2. The third kappa shape index (κ3) is 3.06. The molecule has 8 heteroatoms. The lowest BCUT2D eigenvalue weighted by molar-refractivity contribution is -0.134. The molecule has 6 nitrogen and oxygen atoms in total. The molecule has 1 saturated heterocycles. The average molecular weight is 448 g/mol. The molecule has 1 atom stereocenters. The summed E-state index contributed by atoms with van der Waals surface area (Å²) in [6.07, 6.45) is 2.30. The average Bonchev–Trinajstić information content (AvgIpc) is 3.18. The summed E-state index contributed by atoms with van der Waals surface area (Å²) >= 11 is 5.01. The lowest BCUT2D eigenvalue weighted by Crippen LogP contribution is -2.46. The highest BCUT2D eigenvalue weighted by Crippen LogP contribution is 2.42. The number of fused-ring (bicyclic) bond motifs is 2. The highest BCUT2D eigenvalue weighted by molar-refractivity contribution is 9.10. The van der Waals surface area contributed by atoms with Crippen LogP contribution in [-0.2, 0) is 21.5 Å². The van der Waals surface area contributed by atoms with Gasteiger partial charge in [0.1, 0.15) is 12.1 Å². The third-order valence-corrected chi connectivity index (χ3v) is 6.67. The lowest BCUT2D eigenvalue weighted by Gasteiger charge is -2.31. The molecule has 2 heterocycles. The fourth-order valence-electron chi connectivity index (χ4n) is 3.74. The molecule has 1 aromatic carbocycles. The molecule has 4 amide bonds. The van der Waals surface area contributed by atoms with E-state index in [2.05, 4.69) is 26.6 Å². The number of nitrogens with one attached hydrogen (secondary N) is 2. The molecule has 1 fully saturated rings. The van der Waals surface area contributed by atoms with Gasteiger partial charge in [0.25, 0.3) is 5.91 Å². The van der Waals surface area contributed by atoms with Gasteiger partial charge >= 0.3 is 6.03 Å². The van der Waals surface area contributed by atoms with Gasteiger partial charge in [0.15, 0.2) is 0 Å². The fraction of sp³-hybridized carbons (Fsp3) is 0.316. The van der Waals surface area contributed by atoms with Gasteiger partial charge in [-0.25, -0.2) is 4.79 Å². The van der Waals surface area contributed by atoms with Crippen molar-refractivity contribution in [3.8, 4) is 0 Å². The number of nitrogens with zero attached hydrogens (tertiary/aromatic N) is 1. The zero-order valence-corrected chi connectivity index (χ0v) is 17.1. The zero-order chi connectivity index (χ0) is 19.2. The number of rotatable bonds is 3. The smallest absolute Gasteiger partial charge is 0.323 e. The first-order valence-corrected chi connectivity index (χ1v) is 10.3. The molecule has 27 heavy (non-hydrogen) atoms. The van der Waals surface area contributed by atoms with Crippen molar-refractivity contribution in [2.45, 2.75) is 31.7 Å². The number of hydrogen-bond acceptors (Lipinski definition) is 4. The van der Waals surface area contributed by atoms with Crippen molar-refractivity contribution in [2.24, 2.45) is 0 Å². The van der Waals surface area contributed by atoms with Crippen molar-refractivity contribution in [1.29, 1.82) is 0 Å². The standard InChI is InChI=1S/C19H18BrN3O3S/c1-11-4-5-14(13(20)9-11)21-16(24)10-23-17(25)19(22-18(23)26)7-2-3-15-12(19)6-8-27-15/h4-6,8-9H,2-3,7,10H2,1H3,(H,21,24)(H,22,26). The maximum Gasteiger partial charge on any atom is 0.325 e. The number of amides is 4. The van der Waals surface area contributed by atoms with E-state index in [0.717, 1.165) is 38.2 Å². The van der Waals surface area contributed by atoms with Gasteiger partial charge in [0, 0.05) is 14.9 Å². The molecule has 0 bridgehead atoms. The normalized spacial score (nSPS) is 21.3. The monoisotopic (exact) mass is 447 g/mol. The molecule has 1 aliphatic carbocycles. The van der Waals surface area contributed by atoms with Crippen LogP contribution >= 0.6 is 27.3 Å². The number of urea groups is 1. The van der Waals surface area contributed by atoms with E-state index in [1.165, 1.54) is 0 Å². The predicted octanol–water partition coefficient (Wildman–Crippen LogP) is 3.54. The van der Waals surface area contributed by atoms with Crippen LogP contribution in [0.1, 0.15) is 28.8 Å². The van der Waals surface area contributed by atoms with E-state index in [1.54, 1.807) is 17.4 Å². The summed E-state index contributed by atoms with van der Waals surface area (Å²) in [7, 11) is 0. The van der Waals surface area contributed by atoms with Gasteiger partial charge in [-0.1, -0.05) is 6.07 Å². The minimum Gasteiger partial charge on any atom is -0.323 e. The number of carbonyl (C=O) groups is 3. The molecular weight excluding hydrogens is 430 g/mol. The molecule has 0 radical (unpaired) electrons. The summed E-state index contributed by atoms with van der Waals surface area (Å²) in [6, 6.07) is 6.94. The molecule has 1 aliphatic heterocycles. The van der Waals surface area contributed by atoms with Crippen LogP contribution in [0.25, 0.3) is 0 Å². The van der Waals surface area contributed by atoms with Crippen molar-refractivity contribution in [3.63, 3.8) is 0 Å². The number of benzene rings is 1. The Morgan fingerprint density at radius 2 is 2.19 bits per heavy atom. The Hall–Kier alpha value is -2.19. The van der Waals surface area contributed by atoms with Gasteiger partial charge in [-0.3, -0.25) is 14.5 Å². The SMILES string of the molecule is Cc1ccc(NC(=O)CN2C(=O)NC3(CCCc4sccc43)C2=O)c(Br)c1. The second-order valence-corrected chi connectivity index (χ2v) is 8.72. The highest BCUT2D eigenvalue weighted by Gasteiger charge is 2.54. The summed E-state index contributed by atoms with van der Waals surface area (Å²) in [5.74, 6) is -0.758. The quantitative estimate of drug-likeness (QED) is 0.706. The van der Waals surface area contributed by atoms with Crippen molar-refractivity contribution < 1.29 is 14.4 Å². The zero-order valence-electron chi connectivity index (χ0n) is 14.7. The number of imide groups is 1.